The van der Waals surface area contributed by atoms with Crippen molar-refractivity contribution in [3.63, 3.8) is 0 Å². The molecule has 2 aromatic carbocycles. The summed E-state index contributed by atoms with van der Waals surface area (Å²) in [6, 6.07) is 13.2. The van der Waals surface area contributed by atoms with E-state index in [1.165, 1.54) is 0 Å². The van der Waals surface area contributed by atoms with Gasteiger partial charge in [0, 0.05) is 11.7 Å². The second kappa shape index (κ2) is 6.19. The molecule has 0 saturated heterocycles. The first-order valence-corrected chi connectivity index (χ1v) is 6.41. The monoisotopic (exact) mass is 273 g/mol. The minimum absolute atomic E-state index is 0.0953. The van der Waals surface area contributed by atoms with Crippen molar-refractivity contribution in [1.82, 2.24) is 0 Å². The van der Waals surface area contributed by atoms with Crippen LogP contribution in [0.2, 0.25) is 0 Å². The lowest BCUT2D eigenvalue weighted by Gasteiger charge is -2.17. The zero-order valence-electron chi connectivity index (χ0n) is 11.9. The fourth-order valence-corrected chi connectivity index (χ4v) is 1.98. The lowest BCUT2D eigenvalue weighted by atomic mass is 10.1. The van der Waals surface area contributed by atoms with Crippen molar-refractivity contribution in [1.29, 1.82) is 0 Å². The molecule has 4 heteroatoms. The molecule has 0 amide bonds. The molecule has 106 valence electrons. The molecule has 1 unspecified atom stereocenters. The summed E-state index contributed by atoms with van der Waals surface area (Å²) < 4.78 is 10.3. The maximum atomic E-state index is 9.60. The number of rotatable bonds is 5. The van der Waals surface area contributed by atoms with E-state index in [2.05, 4.69) is 12.2 Å². The largest absolute Gasteiger partial charge is 0.504 e. The van der Waals surface area contributed by atoms with E-state index in [1.54, 1.807) is 20.3 Å². The fourth-order valence-electron chi connectivity index (χ4n) is 1.98. The summed E-state index contributed by atoms with van der Waals surface area (Å²) >= 11 is 0. The first-order chi connectivity index (χ1) is 9.63. The van der Waals surface area contributed by atoms with Crippen LogP contribution >= 0.6 is 0 Å². The van der Waals surface area contributed by atoms with Gasteiger partial charge in [0.1, 0.15) is 5.75 Å². The average molecular weight is 273 g/mol. The summed E-state index contributed by atoms with van der Waals surface area (Å²) in [6.45, 7) is 2.05. The van der Waals surface area contributed by atoms with Crippen LogP contribution in [0.25, 0.3) is 0 Å². The van der Waals surface area contributed by atoms with Crippen molar-refractivity contribution < 1.29 is 14.6 Å². The van der Waals surface area contributed by atoms with Crippen LogP contribution in [-0.2, 0) is 0 Å². The number of hydrogen-bond donors (Lipinski definition) is 2. The molecule has 0 aliphatic heterocycles. The van der Waals surface area contributed by atoms with Crippen LogP contribution in [0.1, 0.15) is 18.5 Å². The van der Waals surface area contributed by atoms with Crippen molar-refractivity contribution in [3.8, 4) is 17.2 Å². The zero-order valence-corrected chi connectivity index (χ0v) is 11.9. The number of aromatic hydroxyl groups is 1. The van der Waals surface area contributed by atoms with E-state index in [9.17, 15) is 5.11 Å². The third-order valence-electron chi connectivity index (χ3n) is 3.18. The highest BCUT2D eigenvalue weighted by molar-refractivity contribution is 5.50. The van der Waals surface area contributed by atoms with Gasteiger partial charge in [-0.2, -0.15) is 0 Å². The Balaban J connectivity index is 2.12. The molecule has 2 N–H and O–H groups in total. The highest BCUT2D eigenvalue weighted by Gasteiger charge is 2.09. The molecule has 0 aliphatic carbocycles. The molecule has 1 atom stereocenters. The predicted molar refractivity (Wildman–Crippen MR) is 79.7 cm³/mol. The molecule has 0 radical (unpaired) electrons. The summed E-state index contributed by atoms with van der Waals surface area (Å²) in [5, 5.41) is 13.0. The minimum Gasteiger partial charge on any atom is -0.504 e. The third kappa shape index (κ3) is 3.15. The minimum atomic E-state index is 0.0953. The van der Waals surface area contributed by atoms with Crippen molar-refractivity contribution in [2.24, 2.45) is 0 Å². The maximum Gasteiger partial charge on any atom is 0.160 e. The first kappa shape index (κ1) is 14.1. The van der Waals surface area contributed by atoms with Gasteiger partial charge in [-0.3, -0.25) is 0 Å². The predicted octanol–water partition coefficient (Wildman–Crippen LogP) is 3.58. The lowest BCUT2D eigenvalue weighted by molar-refractivity contribution is 0.373. The van der Waals surface area contributed by atoms with E-state index >= 15 is 0 Å². The number of phenols is 1. The van der Waals surface area contributed by atoms with Gasteiger partial charge in [0.15, 0.2) is 11.5 Å². The number of methoxy groups -OCH3 is 2. The SMILES string of the molecule is COc1ccc(NC(C)c2ccc(O)c(OC)c2)cc1. The molecular formula is C16H19NO3. The molecule has 2 rings (SSSR count). The molecule has 0 aromatic heterocycles. The number of nitrogens with one attached hydrogen (secondary N) is 1. The summed E-state index contributed by atoms with van der Waals surface area (Å²) in [5.41, 5.74) is 2.04. The van der Waals surface area contributed by atoms with Crippen LogP contribution in [0.15, 0.2) is 42.5 Å². The quantitative estimate of drug-likeness (QED) is 0.874. The smallest absolute Gasteiger partial charge is 0.160 e. The number of benzene rings is 2. The van der Waals surface area contributed by atoms with Gasteiger partial charge in [-0.25, -0.2) is 0 Å². The number of phenolic OH excluding ortho intramolecular Hbond substituents is 1. The van der Waals surface area contributed by atoms with Crippen molar-refractivity contribution in [2.45, 2.75) is 13.0 Å². The van der Waals surface area contributed by atoms with Gasteiger partial charge in [0.25, 0.3) is 0 Å². The molecule has 0 fully saturated rings. The molecule has 2 aromatic rings. The Hall–Kier alpha value is -2.36. The summed E-state index contributed by atoms with van der Waals surface area (Å²) in [7, 11) is 3.19. The summed E-state index contributed by atoms with van der Waals surface area (Å²) in [4.78, 5) is 0. The third-order valence-corrected chi connectivity index (χ3v) is 3.18. The number of ether oxygens (including phenoxy) is 2. The Kier molecular flexibility index (Phi) is 4.35. The van der Waals surface area contributed by atoms with Gasteiger partial charge in [0.05, 0.1) is 14.2 Å². The molecular weight excluding hydrogens is 254 g/mol. The van der Waals surface area contributed by atoms with E-state index in [1.807, 2.05) is 36.4 Å². The van der Waals surface area contributed by atoms with Crippen LogP contribution < -0.4 is 14.8 Å². The van der Waals surface area contributed by atoms with Crippen molar-refractivity contribution >= 4 is 5.69 Å². The van der Waals surface area contributed by atoms with E-state index in [0.717, 1.165) is 17.0 Å². The fraction of sp³-hybridized carbons (Fsp3) is 0.250. The average Bonchev–Trinajstić information content (AvgIpc) is 2.48. The van der Waals surface area contributed by atoms with E-state index < -0.39 is 0 Å². The standard InChI is InChI=1S/C16H19NO3/c1-11(12-4-9-15(18)16(10-12)20-3)17-13-5-7-14(19-2)8-6-13/h4-11,17-18H,1-3H3. The topological polar surface area (TPSA) is 50.7 Å². The van der Waals surface area contributed by atoms with Crippen molar-refractivity contribution in [3.05, 3.63) is 48.0 Å². The van der Waals surface area contributed by atoms with E-state index in [-0.39, 0.29) is 11.8 Å². The van der Waals surface area contributed by atoms with Gasteiger partial charge in [-0.05, 0) is 48.9 Å². The van der Waals surface area contributed by atoms with Gasteiger partial charge >= 0.3 is 0 Å². The summed E-state index contributed by atoms with van der Waals surface area (Å²) in [6.07, 6.45) is 0. The molecule has 0 spiro atoms. The van der Waals surface area contributed by atoms with Gasteiger partial charge in [-0.1, -0.05) is 6.07 Å². The number of hydrogen-bond acceptors (Lipinski definition) is 4. The summed E-state index contributed by atoms with van der Waals surface area (Å²) in [5.74, 6) is 1.45. The van der Waals surface area contributed by atoms with E-state index in [4.69, 9.17) is 9.47 Å². The Morgan fingerprint density at radius 1 is 1.00 bits per heavy atom. The highest BCUT2D eigenvalue weighted by Crippen LogP contribution is 2.30. The second-order valence-electron chi connectivity index (χ2n) is 4.53. The molecule has 0 saturated carbocycles. The highest BCUT2D eigenvalue weighted by atomic mass is 16.5. The van der Waals surface area contributed by atoms with Crippen LogP contribution in [0.5, 0.6) is 17.2 Å². The Morgan fingerprint density at radius 2 is 1.70 bits per heavy atom. The molecule has 0 heterocycles. The molecule has 0 aliphatic rings. The van der Waals surface area contributed by atoms with Crippen LogP contribution in [0, 0.1) is 0 Å². The van der Waals surface area contributed by atoms with Gasteiger partial charge < -0.3 is 19.9 Å². The Labute approximate surface area is 119 Å². The normalized spacial score (nSPS) is 11.8. The van der Waals surface area contributed by atoms with Gasteiger partial charge in [-0.15, -0.1) is 0 Å². The van der Waals surface area contributed by atoms with E-state index in [0.29, 0.717) is 5.75 Å². The zero-order chi connectivity index (χ0) is 14.5. The molecule has 20 heavy (non-hydrogen) atoms. The van der Waals surface area contributed by atoms with Crippen molar-refractivity contribution in [2.75, 3.05) is 19.5 Å². The number of anilines is 1. The Morgan fingerprint density at radius 3 is 2.30 bits per heavy atom. The second-order valence-corrected chi connectivity index (χ2v) is 4.53. The molecule has 4 nitrogen and oxygen atoms in total. The van der Waals surface area contributed by atoms with Gasteiger partial charge in [0.2, 0.25) is 0 Å². The Bertz CT molecular complexity index is 566. The molecule has 0 bridgehead atoms. The van der Waals surface area contributed by atoms with Crippen LogP contribution in [0.3, 0.4) is 0 Å². The maximum absolute atomic E-state index is 9.60. The van der Waals surface area contributed by atoms with Crippen LogP contribution in [-0.4, -0.2) is 19.3 Å². The first-order valence-electron chi connectivity index (χ1n) is 6.41. The van der Waals surface area contributed by atoms with Crippen LogP contribution in [0.4, 0.5) is 5.69 Å². The lowest BCUT2D eigenvalue weighted by Crippen LogP contribution is -2.06.